The van der Waals surface area contributed by atoms with Gasteiger partial charge in [0, 0.05) is 40.7 Å². The van der Waals surface area contributed by atoms with Crippen LogP contribution in [0.4, 0.5) is 5.69 Å². The summed E-state index contributed by atoms with van der Waals surface area (Å²) >= 11 is 1.50. The fourth-order valence-electron chi connectivity index (χ4n) is 4.98. The monoisotopic (exact) mass is 552 g/mol. The van der Waals surface area contributed by atoms with Crippen molar-refractivity contribution in [3.63, 3.8) is 0 Å². The lowest BCUT2D eigenvalue weighted by Gasteiger charge is -2.34. The van der Waals surface area contributed by atoms with E-state index in [1.165, 1.54) is 16.2 Å². The summed E-state index contributed by atoms with van der Waals surface area (Å²) in [6, 6.07) is 13.4. The second kappa shape index (κ2) is 13.4. The minimum absolute atomic E-state index is 0.0482. The van der Waals surface area contributed by atoms with Crippen molar-refractivity contribution in [1.29, 1.82) is 0 Å². The number of rotatable bonds is 11. The van der Waals surface area contributed by atoms with Crippen LogP contribution < -0.4 is 29.2 Å². The summed E-state index contributed by atoms with van der Waals surface area (Å²) in [5, 5.41) is 5.17. The maximum atomic E-state index is 14.2. The van der Waals surface area contributed by atoms with E-state index in [9.17, 15) is 9.59 Å². The number of nitrogens with one attached hydrogen (secondary N) is 1. The molecule has 4 rings (SSSR count). The van der Waals surface area contributed by atoms with E-state index in [-0.39, 0.29) is 24.3 Å². The zero-order valence-corrected chi connectivity index (χ0v) is 23.7. The van der Waals surface area contributed by atoms with Crippen molar-refractivity contribution >= 4 is 28.8 Å². The van der Waals surface area contributed by atoms with E-state index in [4.69, 9.17) is 18.9 Å². The molecular formula is C30H36N2O6S. The van der Waals surface area contributed by atoms with Crippen molar-refractivity contribution in [3.8, 4) is 23.0 Å². The molecule has 8 nitrogen and oxygen atoms in total. The SMILES string of the molecule is COc1cc(OC)cc(N(C(=O)Cc2cccs2)C(C(=O)NC2CCCCC2)c2ccc(OC)cc2OC)c1. The van der Waals surface area contributed by atoms with Gasteiger partial charge in [-0.3, -0.25) is 14.5 Å². The van der Waals surface area contributed by atoms with Crippen LogP contribution in [0.25, 0.3) is 0 Å². The zero-order chi connectivity index (χ0) is 27.8. The Bertz CT molecular complexity index is 1230. The van der Waals surface area contributed by atoms with Gasteiger partial charge in [0.25, 0.3) is 0 Å². The predicted molar refractivity (Wildman–Crippen MR) is 152 cm³/mol. The molecule has 0 aliphatic heterocycles. The summed E-state index contributed by atoms with van der Waals surface area (Å²) in [5.41, 5.74) is 1.03. The van der Waals surface area contributed by atoms with Gasteiger partial charge in [-0.15, -0.1) is 11.3 Å². The fraction of sp³-hybridized carbons (Fsp3) is 0.400. The van der Waals surface area contributed by atoms with E-state index in [0.717, 1.165) is 37.0 Å². The molecule has 1 unspecified atom stereocenters. The number of carbonyl (C=O) groups excluding carboxylic acids is 2. The van der Waals surface area contributed by atoms with Gasteiger partial charge in [-0.25, -0.2) is 0 Å². The minimum atomic E-state index is -1.02. The standard InChI is InChI=1S/C30H36N2O6S/c1-35-22-12-13-26(27(18-22)38-4)29(30(34)31-20-9-6-5-7-10-20)32(28(33)19-25-11-8-14-39-25)21-15-23(36-2)17-24(16-21)37-3/h8,11-18,20,29H,5-7,9-10,19H2,1-4H3,(H,31,34). The van der Waals surface area contributed by atoms with Gasteiger partial charge in [0.2, 0.25) is 11.8 Å². The molecule has 1 aromatic heterocycles. The van der Waals surface area contributed by atoms with Crippen LogP contribution in [0.3, 0.4) is 0 Å². The topological polar surface area (TPSA) is 86.3 Å². The zero-order valence-electron chi connectivity index (χ0n) is 22.9. The Morgan fingerprint density at radius 3 is 2.18 bits per heavy atom. The van der Waals surface area contributed by atoms with E-state index in [2.05, 4.69) is 5.32 Å². The van der Waals surface area contributed by atoms with Crippen LogP contribution in [0.2, 0.25) is 0 Å². The van der Waals surface area contributed by atoms with Gasteiger partial charge in [0.15, 0.2) is 0 Å². The molecule has 1 saturated carbocycles. The Morgan fingerprint density at radius 2 is 1.59 bits per heavy atom. The number of carbonyl (C=O) groups is 2. The van der Waals surface area contributed by atoms with E-state index < -0.39 is 6.04 Å². The minimum Gasteiger partial charge on any atom is -0.497 e. The number of hydrogen-bond acceptors (Lipinski definition) is 7. The summed E-state index contributed by atoms with van der Waals surface area (Å²) in [7, 11) is 6.22. The van der Waals surface area contributed by atoms with Gasteiger partial charge in [0.05, 0.1) is 40.5 Å². The quantitative estimate of drug-likeness (QED) is 0.336. The molecule has 1 fully saturated rings. The molecule has 1 aliphatic carbocycles. The molecule has 1 aliphatic rings. The molecular weight excluding hydrogens is 516 g/mol. The first-order chi connectivity index (χ1) is 19.0. The van der Waals surface area contributed by atoms with Crippen LogP contribution in [-0.4, -0.2) is 46.3 Å². The smallest absolute Gasteiger partial charge is 0.248 e. The van der Waals surface area contributed by atoms with Gasteiger partial charge in [-0.05, 0) is 36.4 Å². The summed E-state index contributed by atoms with van der Waals surface area (Å²) in [4.78, 5) is 30.8. The lowest BCUT2D eigenvalue weighted by molar-refractivity contribution is -0.127. The number of hydrogen-bond donors (Lipinski definition) is 1. The van der Waals surface area contributed by atoms with Crippen LogP contribution in [0, 0.1) is 0 Å². The maximum absolute atomic E-state index is 14.2. The predicted octanol–water partition coefficient (Wildman–Crippen LogP) is 5.55. The van der Waals surface area contributed by atoms with Crippen molar-refractivity contribution in [1.82, 2.24) is 5.32 Å². The second-order valence-electron chi connectivity index (χ2n) is 9.44. The first-order valence-electron chi connectivity index (χ1n) is 13.1. The summed E-state index contributed by atoms with van der Waals surface area (Å²) in [6.07, 6.45) is 5.24. The Balaban J connectivity index is 1.87. The molecule has 39 heavy (non-hydrogen) atoms. The van der Waals surface area contributed by atoms with Crippen molar-refractivity contribution in [2.24, 2.45) is 0 Å². The van der Waals surface area contributed by atoms with E-state index >= 15 is 0 Å². The highest BCUT2D eigenvalue weighted by Gasteiger charge is 2.36. The van der Waals surface area contributed by atoms with Crippen molar-refractivity contribution in [2.45, 2.75) is 50.6 Å². The van der Waals surface area contributed by atoms with Gasteiger partial charge in [-0.2, -0.15) is 0 Å². The van der Waals surface area contributed by atoms with Crippen LogP contribution in [0.1, 0.15) is 48.6 Å². The van der Waals surface area contributed by atoms with Crippen LogP contribution in [-0.2, 0) is 16.0 Å². The van der Waals surface area contributed by atoms with Crippen LogP contribution in [0.15, 0.2) is 53.9 Å². The second-order valence-corrected chi connectivity index (χ2v) is 10.5. The molecule has 9 heteroatoms. The molecule has 2 amide bonds. The molecule has 0 saturated heterocycles. The van der Waals surface area contributed by atoms with Gasteiger partial charge in [0.1, 0.15) is 29.0 Å². The highest BCUT2D eigenvalue weighted by molar-refractivity contribution is 7.10. The Kier molecular flexibility index (Phi) is 9.70. The lowest BCUT2D eigenvalue weighted by atomic mass is 9.94. The summed E-state index contributed by atoms with van der Waals surface area (Å²) in [5.74, 6) is 1.53. The molecule has 208 valence electrons. The first kappa shape index (κ1) is 28.3. The van der Waals surface area contributed by atoms with Gasteiger partial charge in [-0.1, -0.05) is 25.3 Å². The Morgan fingerprint density at radius 1 is 0.897 bits per heavy atom. The number of benzene rings is 2. The number of amides is 2. The third kappa shape index (κ3) is 6.84. The summed E-state index contributed by atoms with van der Waals surface area (Å²) in [6.45, 7) is 0. The first-order valence-corrected chi connectivity index (χ1v) is 13.9. The molecule has 1 heterocycles. The van der Waals surface area contributed by atoms with Gasteiger partial charge >= 0.3 is 0 Å². The third-order valence-corrected chi connectivity index (χ3v) is 7.86. The third-order valence-electron chi connectivity index (χ3n) is 6.98. The van der Waals surface area contributed by atoms with Crippen LogP contribution >= 0.6 is 11.3 Å². The van der Waals surface area contributed by atoms with Crippen molar-refractivity contribution < 1.29 is 28.5 Å². The molecule has 1 atom stereocenters. The van der Waals surface area contributed by atoms with E-state index in [0.29, 0.717) is 34.2 Å². The number of methoxy groups -OCH3 is 4. The molecule has 0 radical (unpaired) electrons. The maximum Gasteiger partial charge on any atom is 0.248 e. The molecule has 3 aromatic rings. The molecule has 0 bridgehead atoms. The van der Waals surface area contributed by atoms with E-state index in [1.807, 2.05) is 17.5 Å². The lowest BCUT2D eigenvalue weighted by Crippen LogP contribution is -2.47. The molecule has 2 aromatic carbocycles. The number of ether oxygens (including phenoxy) is 4. The highest BCUT2D eigenvalue weighted by Crippen LogP contribution is 2.39. The van der Waals surface area contributed by atoms with Crippen molar-refractivity contribution in [3.05, 3.63) is 64.4 Å². The highest BCUT2D eigenvalue weighted by atomic mass is 32.1. The normalized spacial score (nSPS) is 14.3. The van der Waals surface area contributed by atoms with Crippen LogP contribution in [0.5, 0.6) is 23.0 Å². The Labute approximate surface area is 233 Å². The largest absolute Gasteiger partial charge is 0.497 e. The fourth-order valence-corrected chi connectivity index (χ4v) is 5.68. The van der Waals surface area contributed by atoms with Crippen molar-refractivity contribution in [2.75, 3.05) is 33.3 Å². The average molecular weight is 553 g/mol. The van der Waals surface area contributed by atoms with E-state index in [1.54, 1.807) is 64.8 Å². The summed E-state index contributed by atoms with van der Waals surface area (Å²) < 4.78 is 22.2. The number of anilines is 1. The average Bonchev–Trinajstić information content (AvgIpc) is 3.48. The Hall–Kier alpha value is -3.72. The number of thiophene rings is 1. The molecule has 0 spiro atoms. The molecule has 1 N–H and O–H groups in total. The number of nitrogens with zero attached hydrogens (tertiary/aromatic N) is 1. The van der Waals surface area contributed by atoms with Gasteiger partial charge < -0.3 is 24.3 Å².